The minimum Gasteiger partial charge on any atom is -0.489 e. The predicted molar refractivity (Wildman–Crippen MR) is 124 cm³/mol. The third-order valence-electron chi connectivity index (χ3n) is 5.97. The highest BCUT2D eigenvalue weighted by Gasteiger charge is 2.38. The van der Waals surface area contributed by atoms with Gasteiger partial charge in [-0.2, -0.15) is 17.7 Å². The monoisotopic (exact) mass is 497 g/mol. The van der Waals surface area contributed by atoms with E-state index in [1.54, 1.807) is 42.7 Å². The lowest BCUT2D eigenvalue weighted by Crippen LogP contribution is -2.38. The van der Waals surface area contributed by atoms with Gasteiger partial charge in [-0.05, 0) is 66.9 Å². The van der Waals surface area contributed by atoms with Gasteiger partial charge in [0.1, 0.15) is 18.2 Å². The first kappa shape index (κ1) is 23.5. The van der Waals surface area contributed by atoms with E-state index in [0.29, 0.717) is 54.3 Å². The average Bonchev–Trinajstić information content (AvgIpc) is 3.33. The van der Waals surface area contributed by atoms with Crippen LogP contribution in [0.2, 0.25) is 0 Å². The summed E-state index contributed by atoms with van der Waals surface area (Å²) in [5, 5.41) is 13.7. The number of alkyl halides is 3. The molecule has 4 heterocycles. The molecule has 0 aliphatic carbocycles. The third-order valence-corrected chi connectivity index (χ3v) is 5.97. The number of nitrogens with one attached hydrogen (secondary N) is 1. The molecule has 9 nitrogen and oxygen atoms in total. The van der Waals surface area contributed by atoms with E-state index in [1.165, 1.54) is 6.07 Å². The van der Waals surface area contributed by atoms with Crippen LogP contribution in [0, 0.1) is 5.92 Å². The molecule has 1 aliphatic rings. The number of rotatable bonds is 6. The molecule has 1 aliphatic heterocycles. The van der Waals surface area contributed by atoms with Crippen LogP contribution in [0.1, 0.15) is 24.2 Å². The molecule has 12 heteroatoms. The average molecular weight is 497 g/mol. The molecule has 0 atom stereocenters. The molecule has 0 spiro atoms. The van der Waals surface area contributed by atoms with E-state index in [0.717, 1.165) is 5.56 Å². The van der Waals surface area contributed by atoms with Gasteiger partial charge < -0.3 is 15.0 Å². The summed E-state index contributed by atoms with van der Waals surface area (Å²) in [4.78, 5) is 18.6. The number of fused-ring (bicyclic) bond motifs is 1. The summed E-state index contributed by atoms with van der Waals surface area (Å²) in [5.41, 5.74) is 1.69. The summed E-state index contributed by atoms with van der Waals surface area (Å²) in [6.45, 7) is 1.40. The van der Waals surface area contributed by atoms with Gasteiger partial charge in [0.15, 0.2) is 5.65 Å². The van der Waals surface area contributed by atoms with Crippen LogP contribution in [0.15, 0.2) is 60.9 Å². The number of hydrogen-bond donors (Lipinski definition) is 1. The standard InChI is InChI=1S/C24H22F3N7O2/c25-24(26,27)23-31-30-20-5-6-21(32-34(20)23)33-13-9-17(10-14-33)22(35)29-18-1-3-19(4-2-18)36-15-16-7-11-28-12-8-16/h1-8,11-12,17H,9-10,13-15H2,(H,29,35). The molecule has 186 valence electrons. The second kappa shape index (κ2) is 9.80. The molecule has 1 aromatic carbocycles. The summed E-state index contributed by atoms with van der Waals surface area (Å²) in [5.74, 6) is -0.407. The second-order valence-electron chi connectivity index (χ2n) is 8.40. The molecular formula is C24H22F3N7O2. The third kappa shape index (κ3) is 5.21. The van der Waals surface area contributed by atoms with Crippen LogP contribution in [0.3, 0.4) is 0 Å². The number of piperidine rings is 1. The summed E-state index contributed by atoms with van der Waals surface area (Å²) in [7, 11) is 0. The number of nitrogens with zero attached hydrogens (tertiary/aromatic N) is 6. The highest BCUT2D eigenvalue weighted by atomic mass is 19.4. The Morgan fingerprint density at radius 2 is 1.72 bits per heavy atom. The number of benzene rings is 1. The Morgan fingerprint density at radius 1 is 1.00 bits per heavy atom. The first-order valence-electron chi connectivity index (χ1n) is 11.3. The maximum atomic E-state index is 13.1. The smallest absolute Gasteiger partial charge is 0.453 e. The van der Waals surface area contributed by atoms with E-state index in [9.17, 15) is 18.0 Å². The van der Waals surface area contributed by atoms with Crippen molar-refractivity contribution in [2.24, 2.45) is 5.92 Å². The number of carbonyl (C=O) groups excluding carboxylic acids is 1. The number of hydrogen-bond acceptors (Lipinski definition) is 7. The number of amides is 1. The van der Waals surface area contributed by atoms with Crippen LogP contribution >= 0.6 is 0 Å². The van der Waals surface area contributed by atoms with Gasteiger partial charge in [0.25, 0.3) is 5.82 Å². The molecule has 36 heavy (non-hydrogen) atoms. The largest absolute Gasteiger partial charge is 0.489 e. The maximum absolute atomic E-state index is 13.1. The molecule has 0 bridgehead atoms. The fourth-order valence-corrected chi connectivity index (χ4v) is 4.02. The van der Waals surface area contributed by atoms with Gasteiger partial charge in [-0.3, -0.25) is 9.78 Å². The summed E-state index contributed by atoms with van der Waals surface area (Å²) in [6.07, 6.45) is -0.143. The molecule has 1 N–H and O–H groups in total. The van der Waals surface area contributed by atoms with Crippen LogP contribution in [0.4, 0.5) is 24.7 Å². The van der Waals surface area contributed by atoms with E-state index < -0.39 is 12.0 Å². The Kier molecular flexibility index (Phi) is 6.40. The van der Waals surface area contributed by atoms with Gasteiger partial charge in [-0.15, -0.1) is 15.3 Å². The number of anilines is 2. The van der Waals surface area contributed by atoms with Crippen LogP contribution in [0.25, 0.3) is 5.65 Å². The molecule has 0 unspecified atom stereocenters. The first-order valence-corrected chi connectivity index (χ1v) is 11.3. The van der Waals surface area contributed by atoms with Gasteiger partial charge in [0.05, 0.1) is 0 Å². The van der Waals surface area contributed by atoms with Crippen molar-refractivity contribution in [2.75, 3.05) is 23.3 Å². The Hall–Kier alpha value is -4.22. The van der Waals surface area contributed by atoms with Gasteiger partial charge in [-0.1, -0.05) is 0 Å². The zero-order chi connectivity index (χ0) is 25.1. The van der Waals surface area contributed by atoms with Gasteiger partial charge in [0, 0.05) is 37.1 Å². The molecule has 0 saturated carbocycles. The lowest BCUT2D eigenvalue weighted by atomic mass is 9.96. The van der Waals surface area contributed by atoms with E-state index in [-0.39, 0.29) is 17.5 Å². The molecule has 4 aromatic rings. The highest BCUT2D eigenvalue weighted by molar-refractivity contribution is 5.92. The molecular weight excluding hydrogens is 475 g/mol. The van der Waals surface area contributed by atoms with Crippen LogP contribution in [0.5, 0.6) is 5.75 Å². The minimum absolute atomic E-state index is 0.0223. The second-order valence-corrected chi connectivity index (χ2v) is 8.40. The number of pyridine rings is 1. The van der Waals surface area contributed by atoms with E-state index >= 15 is 0 Å². The zero-order valence-electron chi connectivity index (χ0n) is 19.0. The first-order chi connectivity index (χ1) is 17.4. The summed E-state index contributed by atoms with van der Waals surface area (Å²) >= 11 is 0. The van der Waals surface area contributed by atoms with Crippen molar-refractivity contribution < 1.29 is 22.7 Å². The quantitative estimate of drug-likeness (QED) is 0.431. The van der Waals surface area contributed by atoms with Crippen molar-refractivity contribution in [3.63, 3.8) is 0 Å². The fraction of sp³-hybridized carbons (Fsp3) is 0.292. The van der Waals surface area contributed by atoms with Crippen molar-refractivity contribution >= 4 is 23.1 Å². The van der Waals surface area contributed by atoms with Gasteiger partial charge >= 0.3 is 6.18 Å². The van der Waals surface area contributed by atoms with E-state index in [4.69, 9.17) is 4.74 Å². The van der Waals surface area contributed by atoms with Crippen LogP contribution in [-0.2, 0) is 17.6 Å². The summed E-state index contributed by atoms with van der Waals surface area (Å²) in [6, 6.07) is 14.0. The molecule has 5 rings (SSSR count). The Bertz CT molecular complexity index is 1340. The van der Waals surface area contributed by atoms with Crippen molar-refractivity contribution in [2.45, 2.75) is 25.6 Å². The van der Waals surface area contributed by atoms with Crippen molar-refractivity contribution in [3.8, 4) is 5.75 Å². The van der Waals surface area contributed by atoms with Crippen molar-refractivity contribution in [3.05, 3.63) is 72.3 Å². The summed E-state index contributed by atoms with van der Waals surface area (Å²) < 4.78 is 45.9. The van der Waals surface area contributed by atoms with Crippen LogP contribution < -0.4 is 15.0 Å². The number of carbonyl (C=O) groups is 1. The van der Waals surface area contributed by atoms with Crippen molar-refractivity contribution in [1.82, 2.24) is 24.8 Å². The Balaban J connectivity index is 1.15. The molecule has 0 radical (unpaired) electrons. The lowest BCUT2D eigenvalue weighted by molar-refractivity contribution is -0.146. The Labute approximate surface area is 203 Å². The zero-order valence-corrected chi connectivity index (χ0v) is 19.0. The topological polar surface area (TPSA) is 97.5 Å². The predicted octanol–water partition coefficient (Wildman–Crippen LogP) is 3.97. The normalized spacial score (nSPS) is 14.7. The van der Waals surface area contributed by atoms with Gasteiger partial charge in [0.2, 0.25) is 5.91 Å². The SMILES string of the molecule is O=C(Nc1ccc(OCc2ccncc2)cc1)C1CCN(c2ccc3nnc(C(F)(F)F)n3n2)CC1. The minimum atomic E-state index is -4.65. The maximum Gasteiger partial charge on any atom is 0.453 e. The molecule has 1 amide bonds. The van der Waals surface area contributed by atoms with Gasteiger partial charge in [-0.25, -0.2) is 0 Å². The highest BCUT2D eigenvalue weighted by Crippen LogP contribution is 2.29. The van der Waals surface area contributed by atoms with Crippen LogP contribution in [-0.4, -0.2) is 43.8 Å². The lowest BCUT2D eigenvalue weighted by Gasteiger charge is -2.32. The molecule has 1 fully saturated rings. The number of aromatic nitrogens is 5. The fourth-order valence-electron chi connectivity index (χ4n) is 4.02. The van der Waals surface area contributed by atoms with E-state index in [1.807, 2.05) is 17.0 Å². The molecule has 1 saturated heterocycles. The van der Waals surface area contributed by atoms with Crippen molar-refractivity contribution in [1.29, 1.82) is 0 Å². The number of ether oxygens (including phenoxy) is 1. The Morgan fingerprint density at radius 3 is 2.42 bits per heavy atom. The molecule has 3 aromatic heterocycles. The van der Waals surface area contributed by atoms with E-state index in [2.05, 4.69) is 25.6 Å². The number of halogens is 3.